The third-order valence-corrected chi connectivity index (χ3v) is 3.21. The lowest BCUT2D eigenvalue weighted by atomic mass is 10.2. The van der Waals surface area contributed by atoms with Gasteiger partial charge in [-0.15, -0.1) is 0 Å². The first-order valence-electron chi connectivity index (χ1n) is 5.93. The zero-order valence-electron chi connectivity index (χ0n) is 10.5. The SMILES string of the molecule is CC(=O)N1CCN(c2ccc([N+](=O)[O-])cc2F)CC1. The average Bonchev–Trinajstić information content (AvgIpc) is 2.38. The lowest BCUT2D eigenvalue weighted by Crippen LogP contribution is -2.48. The van der Waals surface area contributed by atoms with Crippen molar-refractivity contribution < 1.29 is 14.1 Å². The zero-order valence-corrected chi connectivity index (χ0v) is 10.5. The van der Waals surface area contributed by atoms with E-state index >= 15 is 0 Å². The van der Waals surface area contributed by atoms with Crippen LogP contribution >= 0.6 is 0 Å². The molecule has 0 radical (unpaired) electrons. The minimum absolute atomic E-state index is 0.00354. The molecule has 0 aliphatic carbocycles. The van der Waals surface area contributed by atoms with Crippen LogP contribution in [0.1, 0.15) is 6.92 Å². The van der Waals surface area contributed by atoms with Gasteiger partial charge in [0, 0.05) is 39.2 Å². The number of carbonyl (C=O) groups is 1. The Kier molecular flexibility index (Phi) is 3.64. The molecule has 0 unspecified atom stereocenters. The molecule has 1 aliphatic heterocycles. The highest BCUT2D eigenvalue weighted by Gasteiger charge is 2.21. The van der Waals surface area contributed by atoms with Crippen molar-refractivity contribution >= 4 is 17.3 Å². The first-order valence-corrected chi connectivity index (χ1v) is 5.93. The molecule has 0 aromatic heterocycles. The fourth-order valence-corrected chi connectivity index (χ4v) is 2.13. The summed E-state index contributed by atoms with van der Waals surface area (Å²) in [7, 11) is 0. The molecular formula is C12H14FN3O3. The summed E-state index contributed by atoms with van der Waals surface area (Å²) in [6, 6.07) is 3.62. The van der Waals surface area contributed by atoms with Crippen molar-refractivity contribution in [3.8, 4) is 0 Å². The van der Waals surface area contributed by atoms with Crippen molar-refractivity contribution in [2.75, 3.05) is 31.1 Å². The number of rotatable bonds is 2. The van der Waals surface area contributed by atoms with Crippen LogP contribution < -0.4 is 4.90 Å². The van der Waals surface area contributed by atoms with Crippen LogP contribution in [0.4, 0.5) is 15.8 Å². The molecule has 1 aliphatic rings. The van der Waals surface area contributed by atoms with Crippen LogP contribution in [0.2, 0.25) is 0 Å². The Morgan fingerprint density at radius 2 is 1.95 bits per heavy atom. The van der Waals surface area contributed by atoms with Crippen LogP contribution in [0.5, 0.6) is 0 Å². The Balaban J connectivity index is 2.11. The van der Waals surface area contributed by atoms with Crippen LogP contribution in [0.25, 0.3) is 0 Å². The number of amides is 1. The molecule has 0 spiro atoms. The zero-order chi connectivity index (χ0) is 14.0. The number of hydrogen-bond acceptors (Lipinski definition) is 4. The number of nitro groups is 1. The van der Waals surface area contributed by atoms with Crippen molar-refractivity contribution in [2.45, 2.75) is 6.92 Å². The summed E-state index contributed by atoms with van der Waals surface area (Å²) in [5, 5.41) is 10.5. The second-order valence-corrected chi connectivity index (χ2v) is 4.39. The molecule has 1 heterocycles. The number of piperazine rings is 1. The molecule has 0 N–H and O–H groups in total. The van der Waals surface area contributed by atoms with Gasteiger partial charge in [0.05, 0.1) is 16.7 Å². The van der Waals surface area contributed by atoms with E-state index in [1.54, 1.807) is 9.80 Å². The van der Waals surface area contributed by atoms with E-state index in [1.165, 1.54) is 19.1 Å². The highest BCUT2D eigenvalue weighted by Crippen LogP contribution is 2.24. The highest BCUT2D eigenvalue weighted by molar-refractivity contribution is 5.73. The van der Waals surface area contributed by atoms with Gasteiger partial charge < -0.3 is 9.80 Å². The monoisotopic (exact) mass is 267 g/mol. The normalized spacial score (nSPS) is 15.5. The van der Waals surface area contributed by atoms with Crippen molar-refractivity contribution in [1.29, 1.82) is 0 Å². The molecule has 102 valence electrons. The molecule has 1 aromatic rings. The van der Waals surface area contributed by atoms with Gasteiger partial charge in [-0.1, -0.05) is 0 Å². The summed E-state index contributed by atoms with van der Waals surface area (Å²) in [4.78, 5) is 24.6. The molecule has 1 aromatic carbocycles. The molecule has 0 bridgehead atoms. The van der Waals surface area contributed by atoms with Gasteiger partial charge in [-0.25, -0.2) is 4.39 Å². The molecule has 6 nitrogen and oxygen atoms in total. The maximum atomic E-state index is 13.8. The van der Waals surface area contributed by atoms with E-state index in [-0.39, 0.29) is 11.6 Å². The summed E-state index contributed by atoms with van der Waals surface area (Å²) in [6.07, 6.45) is 0. The quantitative estimate of drug-likeness (QED) is 0.600. The van der Waals surface area contributed by atoms with Gasteiger partial charge >= 0.3 is 0 Å². The minimum Gasteiger partial charge on any atom is -0.366 e. The number of anilines is 1. The van der Waals surface area contributed by atoms with Gasteiger partial charge in [0.25, 0.3) is 5.69 Å². The fourth-order valence-electron chi connectivity index (χ4n) is 2.13. The highest BCUT2D eigenvalue weighted by atomic mass is 19.1. The molecule has 7 heteroatoms. The third kappa shape index (κ3) is 2.81. The average molecular weight is 267 g/mol. The number of halogens is 1. The Labute approximate surface area is 109 Å². The molecule has 2 rings (SSSR count). The van der Waals surface area contributed by atoms with Gasteiger partial charge in [-0.3, -0.25) is 14.9 Å². The maximum absolute atomic E-state index is 13.8. The summed E-state index contributed by atoms with van der Waals surface area (Å²) in [5.74, 6) is -0.603. The Bertz CT molecular complexity index is 513. The molecule has 0 saturated carbocycles. The van der Waals surface area contributed by atoms with Crippen LogP contribution in [0.15, 0.2) is 18.2 Å². The third-order valence-electron chi connectivity index (χ3n) is 3.21. The topological polar surface area (TPSA) is 66.7 Å². The van der Waals surface area contributed by atoms with Gasteiger partial charge in [0.1, 0.15) is 0 Å². The number of hydrogen-bond donors (Lipinski definition) is 0. The predicted octanol–water partition coefficient (Wildman–Crippen LogP) is 1.40. The number of carbonyl (C=O) groups excluding carboxylic acids is 1. The van der Waals surface area contributed by atoms with E-state index in [0.717, 1.165) is 6.07 Å². The molecule has 0 atom stereocenters. The van der Waals surface area contributed by atoms with Gasteiger partial charge in [0.15, 0.2) is 5.82 Å². The van der Waals surface area contributed by atoms with Crippen molar-refractivity contribution in [3.63, 3.8) is 0 Å². The first-order chi connectivity index (χ1) is 8.99. The molecule has 1 saturated heterocycles. The minimum atomic E-state index is -0.624. The van der Waals surface area contributed by atoms with Gasteiger partial charge in [-0.2, -0.15) is 0 Å². The second kappa shape index (κ2) is 5.21. The molecule has 1 fully saturated rings. The number of non-ortho nitro benzene ring substituents is 1. The number of nitrogens with zero attached hydrogens (tertiary/aromatic N) is 3. The Morgan fingerprint density at radius 3 is 2.42 bits per heavy atom. The lowest BCUT2D eigenvalue weighted by Gasteiger charge is -2.35. The van der Waals surface area contributed by atoms with Gasteiger partial charge in [-0.05, 0) is 6.07 Å². The van der Waals surface area contributed by atoms with Crippen LogP contribution in [0, 0.1) is 15.9 Å². The van der Waals surface area contributed by atoms with E-state index in [4.69, 9.17) is 0 Å². The van der Waals surface area contributed by atoms with Crippen molar-refractivity contribution in [3.05, 3.63) is 34.1 Å². The summed E-state index contributed by atoms with van der Waals surface area (Å²) in [5.41, 5.74) is 0.0809. The first kappa shape index (κ1) is 13.3. The lowest BCUT2D eigenvalue weighted by molar-refractivity contribution is -0.385. The molecular weight excluding hydrogens is 253 g/mol. The standard InChI is InChI=1S/C12H14FN3O3/c1-9(17)14-4-6-15(7-5-14)12-3-2-10(16(18)19)8-11(12)13/h2-3,8H,4-7H2,1H3. The van der Waals surface area contributed by atoms with Crippen LogP contribution in [-0.4, -0.2) is 41.9 Å². The van der Waals surface area contributed by atoms with E-state index < -0.39 is 10.7 Å². The summed E-state index contributed by atoms with van der Waals surface area (Å²) >= 11 is 0. The smallest absolute Gasteiger partial charge is 0.272 e. The van der Waals surface area contributed by atoms with Crippen LogP contribution in [0.3, 0.4) is 0 Å². The summed E-state index contributed by atoms with van der Waals surface area (Å²) in [6.45, 7) is 3.61. The van der Waals surface area contributed by atoms with E-state index in [2.05, 4.69) is 0 Å². The van der Waals surface area contributed by atoms with Gasteiger partial charge in [0.2, 0.25) is 5.91 Å². The number of benzene rings is 1. The fraction of sp³-hybridized carbons (Fsp3) is 0.417. The molecule has 19 heavy (non-hydrogen) atoms. The van der Waals surface area contributed by atoms with E-state index in [9.17, 15) is 19.3 Å². The van der Waals surface area contributed by atoms with E-state index in [1.807, 2.05) is 0 Å². The second-order valence-electron chi connectivity index (χ2n) is 4.39. The largest absolute Gasteiger partial charge is 0.366 e. The predicted molar refractivity (Wildman–Crippen MR) is 67.5 cm³/mol. The van der Waals surface area contributed by atoms with Crippen molar-refractivity contribution in [2.24, 2.45) is 0 Å². The summed E-state index contributed by atoms with van der Waals surface area (Å²) < 4.78 is 13.8. The van der Waals surface area contributed by atoms with Crippen molar-refractivity contribution in [1.82, 2.24) is 4.90 Å². The Hall–Kier alpha value is -2.18. The maximum Gasteiger partial charge on any atom is 0.272 e. The number of nitro benzene ring substituents is 1. The molecule has 1 amide bonds. The van der Waals surface area contributed by atoms with Crippen LogP contribution in [-0.2, 0) is 4.79 Å². The Morgan fingerprint density at radius 1 is 1.32 bits per heavy atom. The van der Waals surface area contributed by atoms with E-state index in [0.29, 0.717) is 31.9 Å².